The van der Waals surface area contributed by atoms with Crippen molar-refractivity contribution in [1.29, 1.82) is 0 Å². The van der Waals surface area contributed by atoms with Crippen molar-refractivity contribution in [2.45, 2.75) is 0 Å². The minimum atomic E-state index is 0.589. The Balaban J connectivity index is 0. The Bertz CT molecular complexity index is 284. The molecule has 6 heteroatoms. The molecular formula is C13H23N3O3. The number of aliphatic hydroxyl groups excluding tert-OH is 1. The Labute approximate surface area is 113 Å². The van der Waals surface area contributed by atoms with Crippen LogP contribution in [-0.4, -0.2) is 51.0 Å². The van der Waals surface area contributed by atoms with Crippen LogP contribution < -0.4 is 16.8 Å². The third-order valence-corrected chi connectivity index (χ3v) is 1.85. The molecule has 0 atom stereocenters. The largest absolute Gasteiger partial charge is 0.400 e. The van der Waals surface area contributed by atoms with Crippen LogP contribution in [0.5, 0.6) is 0 Å². The highest BCUT2D eigenvalue weighted by Gasteiger charge is 1.88. The van der Waals surface area contributed by atoms with Crippen molar-refractivity contribution in [2.75, 3.05) is 33.3 Å². The van der Waals surface area contributed by atoms with Gasteiger partial charge in [-0.1, -0.05) is 24.3 Å². The SMILES string of the molecule is CO.NCCNCCN.O=Cc1ccc(C=O)cc1. The van der Waals surface area contributed by atoms with Crippen molar-refractivity contribution in [3.8, 4) is 0 Å². The summed E-state index contributed by atoms with van der Waals surface area (Å²) in [7, 11) is 1.00. The van der Waals surface area contributed by atoms with Gasteiger partial charge in [0, 0.05) is 44.4 Å². The summed E-state index contributed by atoms with van der Waals surface area (Å²) in [5, 5.41) is 10.0. The quantitative estimate of drug-likeness (QED) is 0.405. The zero-order chi connectivity index (χ0) is 14.9. The van der Waals surface area contributed by atoms with Crippen LogP contribution in [0, 0.1) is 0 Å². The molecule has 1 aromatic rings. The second-order valence-electron chi connectivity index (χ2n) is 3.23. The standard InChI is InChI=1S/C8H6O2.C4H13N3.CH4O/c9-5-7-1-2-8(6-10)4-3-7;5-1-3-7-4-2-6;1-2/h1-6H;7H,1-6H2;2H,1H3. The summed E-state index contributed by atoms with van der Waals surface area (Å²) < 4.78 is 0. The van der Waals surface area contributed by atoms with E-state index < -0.39 is 0 Å². The highest BCUT2D eigenvalue weighted by atomic mass is 16.2. The first-order valence-corrected chi connectivity index (χ1v) is 5.84. The van der Waals surface area contributed by atoms with Crippen LogP contribution in [0.15, 0.2) is 24.3 Å². The molecule has 0 fully saturated rings. The van der Waals surface area contributed by atoms with E-state index in [0.717, 1.165) is 32.8 Å². The van der Waals surface area contributed by atoms with E-state index in [1.807, 2.05) is 0 Å². The zero-order valence-corrected chi connectivity index (χ0v) is 11.2. The maximum atomic E-state index is 10.1. The highest BCUT2D eigenvalue weighted by Crippen LogP contribution is 1.98. The van der Waals surface area contributed by atoms with Crippen LogP contribution in [0.4, 0.5) is 0 Å². The van der Waals surface area contributed by atoms with Crippen molar-refractivity contribution >= 4 is 12.6 Å². The fourth-order valence-electron chi connectivity index (χ4n) is 0.982. The van der Waals surface area contributed by atoms with Gasteiger partial charge in [-0.15, -0.1) is 0 Å². The molecular weight excluding hydrogens is 246 g/mol. The normalized spacial score (nSPS) is 8.42. The van der Waals surface area contributed by atoms with Gasteiger partial charge in [-0.25, -0.2) is 0 Å². The van der Waals surface area contributed by atoms with E-state index in [-0.39, 0.29) is 0 Å². The molecule has 0 unspecified atom stereocenters. The number of nitrogens with two attached hydrogens (primary N) is 2. The molecule has 0 saturated heterocycles. The van der Waals surface area contributed by atoms with Gasteiger partial charge >= 0.3 is 0 Å². The number of aldehydes is 2. The summed E-state index contributed by atoms with van der Waals surface area (Å²) in [6, 6.07) is 6.43. The number of hydrogen-bond donors (Lipinski definition) is 4. The summed E-state index contributed by atoms with van der Waals surface area (Å²) in [4.78, 5) is 20.2. The second kappa shape index (κ2) is 16.4. The third kappa shape index (κ3) is 12.6. The van der Waals surface area contributed by atoms with Crippen LogP contribution >= 0.6 is 0 Å². The molecule has 0 spiro atoms. The van der Waals surface area contributed by atoms with Gasteiger partial charge in [-0.3, -0.25) is 9.59 Å². The van der Waals surface area contributed by atoms with Gasteiger partial charge in [0.25, 0.3) is 0 Å². The van der Waals surface area contributed by atoms with Crippen LogP contribution in [-0.2, 0) is 0 Å². The number of aliphatic hydroxyl groups is 1. The van der Waals surface area contributed by atoms with Gasteiger partial charge in [0.05, 0.1) is 0 Å². The molecule has 6 nitrogen and oxygen atoms in total. The molecule has 1 rings (SSSR count). The Kier molecular flexibility index (Phi) is 17.0. The summed E-state index contributed by atoms with van der Waals surface area (Å²) in [6.45, 7) is 3.13. The molecule has 1 aromatic carbocycles. The smallest absolute Gasteiger partial charge is 0.150 e. The molecule has 6 N–H and O–H groups in total. The maximum absolute atomic E-state index is 10.1. The minimum absolute atomic E-state index is 0.589. The van der Waals surface area contributed by atoms with E-state index in [1.54, 1.807) is 24.3 Å². The first kappa shape index (κ1) is 19.7. The molecule has 0 aliphatic rings. The van der Waals surface area contributed by atoms with E-state index in [1.165, 1.54) is 0 Å². The lowest BCUT2D eigenvalue weighted by atomic mass is 10.2. The van der Waals surface area contributed by atoms with E-state index in [4.69, 9.17) is 16.6 Å². The van der Waals surface area contributed by atoms with Gasteiger partial charge in [-0.05, 0) is 0 Å². The molecule has 0 aliphatic carbocycles. The van der Waals surface area contributed by atoms with Gasteiger partial charge in [0.15, 0.2) is 0 Å². The van der Waals surface area contributed by atoms with E-state index in [2.05, 4.69) is 5.32 Å². The molecule has 19 heavy (non-hydrogen) atoms. The number of nitrogens with one attached hydrogen (secondary N) is 1. The number of hydrogen-bond acceptors (Lipinski definition) is 6. The van der Waals surface area contributed by atoms with Crippen molar-refractivity contribution in [2.24, 2.45) is 11.5 Å². The first-order valence-electron chi connectivity index (χ1n) is 5.84. The summed E-state index contributed by atoms with van der Waals surface area (Å²) in [6.07, 6.45) is 1.49. The monoisotopic (exact) mass is 269 g/mol. The van der Waals surface area contributed by atoms with E-state index in [9.17, 15) is 9.59 Å². The van der Waals surface area contributed by atoms with Crippen LogP contribution in [0.25, 0.3) is 0 Å². The zero-order valence-electron chi connectivity index (χ0n) is 11.2. The van der Waals surface area contributed by atoms with Gasteiger partial charge in [0.1, 0.15) is 12.6 Å². The summed E-state index contributed by atoms with van der Waals surface area (Å²) in [5.74, 6) is 0. The number of carbonyl (C=O) groups excluding carboxylic acids is 2. The van der Waals surface area contributed by atoms with Crippen LogP contribution in [0.3, 0.4) is 0 Å². The van der Waals surface area contributed by atoms with Crippen molar-refractivity contribution in [1.82, 2.24) is 5.32 Å². The van der Waals surface area contributed by atoms with E-state index >= 15 is 0 Å². The molecule has 0 saturated carbocycles. The topological polar surface area (TPSA) is 118 Å². The summed E-state index contributed by atoms with van der Waals surface area (Å²) >= 11 is 0. The average molecular weight is 269 g/mol. The minimum Gasteiger partial charge on any atom is -0.400 e. The second-order valence-corrected chi connectivity index (χ2v) is 3.23. The average Bonchev–Trinajstić information content (AvgIpc) is 2.50. The van der Waals surface area contributed by atoms with Gasteiger partial charge in [0.2, 0.25) is 0 Å². The lowest BCUT2D eigenvalue weighted by Gasteiger charge is -1.95. The highest BCUT2D eigenvalue weighted by molar-refractivity contribution is 5.79. The first-order chi connectivity index (χ1) is 9.28. The number of carbonyl (C=O) groups is 2. The molecule has 108 valence electrons. The van der Waals surface area contributed by atoms with Crippen LogP contribution in [0.1, 0.15) is 20.7 Å². The van der Waals surface area contributed by atoms with Crippen molar-refractivity contribution < 1.29 is 14.7 Å². The Morgan fingerprint density at radius 2 is 1.26 bits per heavy atom. The molecule has 0 aromatic heterocycles. The Hall–Kier alpha value is -1.60. The molecule has 0 amide bonds. The van der Waals surface area contributed by atoms with Gasteiger partial charge < -0.3 is 21.9 Å². The lowest BCUT2D eigenvalue weighted by Crippen LogP contribution is -2.27. The lowest BCUT2D eigenvalue weighted by molar-refractivity contribution is 0.111. The van der Waals surface area contributed by atoms with Crippen LogP contribution in [0.2, 0.25) is 0 Å². The van der Waals surface area contributed by atoms with Gasteiger partial charge in [-0.2, -0.15) is 0 Å². The molecule has 0 heterocycles. The molecule has 0 radical (unpaired) electrons. The number of rotatable bonds is 6. The Morgan fingerprint density at radius 1 is 0.947 bits per heavy atom. The van der Waals surface area contributed by atoms with Crippen molar-refractivity contribution in [3.05, 3.63) is 35.4 Å². The predicted octanol–water partition coefficient (Wildman–Crippen LogP) is -0.586. The fourth-order valence-corrected chi connectivity index (χ4v) is 0.982. The number of benzene rings is 1. The van der Waals surface area contributed by atoms with E-state index in [0.29, 0.717) is 24.2 Å². The Morgan fingerprint density at radius 3 is 1.47 bits per heavy atom. The maximum Gasteiger partial charge on any atom is 0.150 e. The third-order valence-electron chi connectivity index (χ3n) is 1.85. The fraction of sp³-hybridized carbons (Fsp3) is 0.385. The molecule has 0 aliphatic heterocycles. The van der Waals surface area contributed by atoms with Crippen molar-refractivity contribution in [3.63, 3.8) is 0 Å². The summed E-state index contributed by atoms with van der Waals surface area (Å²) in [5.41, 5.74) is 11.5. The predicted molar refractivity (Wildman–Crippen MR) is 76.3 cm³/mol. The molecule has 0 bridgehead atoms.